The molecule has 352 valence electrons. The van der Waals surface area contributed by atoms with Crippen LogP contribution in [0.5, 0.6) is 0 Å². The fourth-order valence-electron chi connectivity index (χ4n) is 6.92. The van der Waals surface area contributed by atoms with Crippen LogP contribution in [0.3, 0.4) is 0 Å². The van der Waals surface area contributed by atoms with Crippen molar-refractivity contribution in [3.8, 4) is 0 Å². The van der Waals surface area contributed by atoms with Crippen LogP contribution in [-0.4, -0.2) is 125 Å². The molecule has 1 amide bonds. The number of nitrogens with zero attached hydrogens (tertiary/aromatic N) is 9. The van der Waals surface area contributed by atoms with Gasteiger partial charge in [-0.15, -0.1) is 33.2 Å². The predicted octanol–water partition coefficient (Wildman–Crippen LogP) is 5.27. The van der Waals surface area contributed by atoms with Gasteiger partial charge >= 0.3 is 16.3 Å². The van der Waals surface area contributed by atoms with Gasteiger partial charge in [-0.3, -0.25) is 0 Å². The minimum Gasteiger partial charge on any atom is -0.443 e. The third-order valence-corrected chi connectivity index (χ3v) is 13.0. The van der Waals surface area contributed by atoms with Crippen LogP contribution in [0.1, 0.15) is 55.9 Å². The molecule has 64 heavy (non-hydrogen) atoms. The summed E-state index contributed by atoms with van der Waals surface area (Å²) in [7, 11) is -3.46. The van der Waals surface area contributed by atoms with Crippen LogP contribution in [0.4, 0.5) is 22.1 Å². The Morgan fingerprint density at radius 2 is 1.22 bits per heavy atom. The number of anilines is 3. The van der Waals surface area contributed by atoms with E-state index < -0.39 is 31.9 Å². The lowest BCUT2D eigenvalue weighted by Gasteiger charge is -2.23. The summed E-state index contributed by atoms with van der Waals surface area (Å²) >= 11 is 0. The Bertz CT molecular complexity index is 2570. The molecule has 2 aliphatic heterocycles. The van der Waals surface area contributed by atoms with Crippen molar-refractivity contribution in [1.29, 1.82) is 0 Å². The number of halogens is 2. The van der Waals surface area contributed by atoms with E-state index in [4.69, 9.17) is 4.74 Å². The number of aryl methyl sites for hydroxylation is 4. The topological polar surface area (TPSA) is 187 Å². The van der Waals surface area contributed by atoms with Gasteiger partial charge in [0.15, 0.2) is 12.4 Å². The Morgan fingerprint density at radius 1 is 0.719 bits per heavy atom. The fourth-order valence-corrected chi connectivity index (χ4v) is 8.60. The van der Waals surface area contributed by atoms with Crippen LogP contribution in [0.25, 0.3) is 21.8 Å². The first-order valence-electron chi connectivity index (χ1n) is 20.7. The lowest BCUT2D eigenvalue weighted by atomic mass is 10.1. The molecule has 2 aromatic carbocycles. The molecule has 0 saturated carbocycles. The van der Waals surface area contributed by atoms with Gasteiger partial charge in [0.1, 0.15) is 29.9 Å². The molecule has 2 fully saturated rings. The number of hydrogen-bond acceptors (Lipinski definition) is 14. The summed E-state index contributed by atoms with van der Waals surface area (Å²) in [6.45, 7) is 20.1. The molecule has 5 heterocycles. The second-order valence-electron chi connectivity index (χ2n) is 16.8. The van der Waals surface area contributed by atoms with Gasteiger partial charge in [-0.2, -0.15) is 4.72 Å². The minimum atomic E-state index is -4.00. The highest BCUT2D eigenvalue weighted by Crippen LogP contribution is 2.28. The van der Waals surface area contributed by atoms with Crippen LogP contribution in [-0.2, 0) is 25.0 Å². The molecule has 0 atom stereocenters. The van der Waals surface area contributed by atoms with Crippen molar-refractivity contribution in [2.45, 2.75) is 66.9 Å². The van der Waals surface area contributed by atoms with Crippen molar-refractivity contribution in [3.63, 3.8) is 0 Å². The Morgan fingerprint density at radius 3 is 1.72 bits per heavy atom. The molecule has 0 spiro atoms. The van der Waals surface area contributed by atoms with E-state index in [1.54, 1.807) is 49.9 Å². The molecular weight excluding hydrogens is 902 g/mol. The van der Waals surface area contributed by atoms with E-state index in [0.717, 1.165) is 83.3 Å². The third kappa shape index (κ3) is 14.7. The number of benzene rings is 2. The molecule has 0 unspecified atom stereocenters. The molecule has 21 heteroatoms. The number of hydrogen-bond donors (Lipinski definition) is 2. The Labute approximate surface area is 391 Å². The number of aromatic nitrogens is 5. The van der Waals surface area contributed by atoms with Gasteiger partial charge in [-0.25, -0.2) is 37.5 Å². The summed E-state index contributed by atoms with van der Waals surface area (Å²) in [4.78, 5) is 35.7. The Balaban J connectivity index is 0.000000253. The van der Waals surface area contributed by atoms with Crippen molar-refractivity contribution >= 4 is 90.3 Å². The first-order chi connectivity index (χ1) is 29.1. The van der Waals surface area contributed by atoms with Crippen LogP contribution >= 0.6 is 24.8 Å². The van der Waals surface area contributed by atoms with Gasteiger partial charge < -0.3 is 24.8 Å². The van der Waals surface area contributed by atoms with Crippen molar-refractivity contribution < 1.29 is 30.3 Å². The summed E-state index contributed by atoms with van der Waals surface area (Å²) < 4.78 is 56.6. The summed E-state index contributed by atoms with van der Waals surface area (Å²) in [6, 6.07) is 11.8. The molecule has 5 aromatic rings. The highest BCUT2D eigenvalue weighted by molar-refractivity contribution is 7.88. The zero-order chi connectivity index (χ0) is 45.4. The van der Waals surface area contributed by atoms with Crippen LogP contribution in [0.15, 0.2) is 61.4 Å². The van der Waals surface area contributed by atoms with Crippen molar-refractivity contribution in [2.75, 3.05) is 87.4 Å². The average Bonchev–Trinajstić information content (AvgIpc) is 3.63. The monoisotopic (exact) mass is 964 g/mol. The molecule has 2 N–H and O–H groups in total. The number of nitrogens with one attached hydrogen (secondary N) is 2. The zero-order valence-corrected chi connectivity index (χ0v) is 41.7. The predicted molar refractivity (Wildman–Crippen MR) is 260 cm³/mol. The van der Waals surface area contributed by atoms with Gasteiger partial charge in [0.25, 0.3) is 0 Å². The van der Waals surface area contributed by atoms with E-state index in [-0.39, 0.29) is 24.8 Å². The van der Waals surface area contributed by atoms with Gasteiger partial charge in [0.05, 0.1) is 17.3 Å². The van der Waals surface area contributed by atoms with E-state index in [9.17, 15) is 21.6 Å². The van der Waals surface area contributed by atoms with E-state index in [1.165, 1.54) is 46.3 Å². The summed E-state index contributed by atoms with van der Waals surface area (Å²) in [5.41, 5.74) is 7.06. The number of rotatable bonds is 6. The fraction of sp³-hybridized carbons (Fsp3) is 0.488. The van der Waals surface area contributed by atoms with Gasteiger partial charge in [0.2, 0.25) is 10.0 Å². The van der Waals surface area contributed by atoms with E-state index in [2.05, 4.69) is 87.0 Å². The van der Waals surface area contributed by atoms with Crippen LogP contribution in [0.2, 0.25) is 0 Å². The molecular formula is C43H64Cl2N11O6S2+. The van der Waals surface area contributed by atoms with Crippen LogP contribution < -0.4 is 28.7 Å². The summed E-state index contributed by atoms with van der Waals surface area (Å²) in [5, 5.41) is 5.64. The first kappa shape index (κ1) is 53.7. The maximum Gasteiger partial charge on any atom is 0.474 e. The maximum absolute atomic E-state index is 11.9. The molecule has 2 aliphatic rings. The molecule has 3 aromatic heterocycles. The SMILES string of the molecule is CN(C)c1cc[n+](S(=O)(=O)NC(=O)OC(C)(C)C)cc1.Cc1cc2ncnc(N3CCCN(S(C)(=O)=O)CC3)c2cc1C.Cc1cc2ncnc(N3CCCNCC3)c2cc1C.Cl.Cl. The number of ether oxygens (including phenoxy) is 1. The number of sulfonamides is 1. The number of pyridine rings is 1. The largest absolute Gasteiger partial charge is 0.474 e. The van der Waals surface area contributed by atoms with E-state index in [1.807, 2.05) is 23.7 Å². The minimum absolute atomic E-state index is 0. The summed E-state index contributed by atoms with van der Waals surface area (Å²) in [6.07, 6.45) is 8.19. The Hall–Kier alpha value is -4.66. The second-order valence-corrected chi connectivity index (χ2v) is 20.3. The van der Waals surface area contributed by atoms with Gasteiger partial charge in [-0.1, -0.05) is 3.97 Å². The molecule has 2 saturated heterocycles. The lowest BCUT2D eigenvalue weighted by Crippen LogP contribution is -2.52. The lowest BCUT2D eigenvalue weighted by molar-refractivity contribution is -0.512. The van der Waals surface area contributed by atoms with Crippen LogP contribution in [0, 0.1) is 27.7 Å². The molecule has 0 radical (unpaired) electrons. The zero-order valence-electron chi connectivity index (χ0n) is 38.5. The number of amides is 1. The average molecular weight is 966 g/mol. The quantitative estimate of drug-likeness (QED) is 0.210. The third-order valence-electron chi connectivity index (χ3n) is 10.5. The molecule has 0 aliphatic carbocycles. The highest BCUT2D eigenvalue weighted by atomic mass is 35.5. The van der Waals surface area contributed by atoms with Crippen molar-refractivity contribution in [1.82, 2.24) is 34.3 Å². The first-order valence-corrected chi connectivity index (χ1v) is 24.0. The summed E-state index contributed by atoms with van der Waals surface area (Å²) in [5.74, 6) is 1.98. The Kier molecular flexibility index (Phi) is 19.3. The smallest absolute Gasteiger partial charge is 0.443 e. The van der Waals surface area contributed by atoms with Crippen molar-refractivity contribution in [3.05, 3.63) is 83.7 Å². The van der Waals surface area contributed by atoms with E-state index in [0.29, 0.717) is 19.6 Å². The number of carbonyl (C=O) groups excluding carboxylic acids is 1. The maximum atomic E-state index is 11.9. The molecule has 7 rings (SSSR count). The molecule has 17 nitrogen and oxygen atoms in total. The van der Waals surface area contributed by atoms with E-state index >= 15 is 0 Å². The van der Waals surface area contributed by atoms with Gasteiger partial charge in [0, 0.05) is 88.5 Å². The van der Waals surface area contributed by atoms with Gasteiger partial charge in [-0.05, 0) is 114 Å². The highest BCUT2D eigenvalue weighted by Gasteiger charge is 2.28. The normalized spacial score (nSPS) is 14.9. The van der Waals surface area contributed by atoms with Crippen molar-refractivity contribution in [2.24, 2.45) is 0 Å². The second kappa shape index (κ2) is 23.0. The molecule has 0 bridgehead atoms. The number of fused-ring (bicyclic) bond motifs is 2. The standard InChI is InChI=1S/C16H22N4O2S.C15H20N4.C12H19N3O4S.2ClH/c1-12-9-14-15(10-13(12)2)17-11-18-16(14)19-5-4-6-20(8-7-19)23(3,21)22;1-11-8-13-14(9-12(11)2)17-10-18-15(13)19-6-3-4-16-5-7-19;1-12(2,3)19-11(16)13-20(17,18)15-8-6-10(7-9-15)14(4)5;;/h9-11H,4-8H2,1-3H3;8-10,16H,3-7H2,1-2H3;6-9H,1-5H3;2*1H/p+1. The number of carbonyl (C=O) groups is 1.